The first-order chi connectivity index (χ1) is 17.5. The van der Waals surface area contributed by atoms with Crippen molar-refractivity contribution in [1.29, 1.82) is 0 Å². The highest BCUT2D eigenvalue weighted by atomic mass is 79.9. The average Bonchev–Trinajstić information content (AvgIpc) is 3.64. The third-order valence-corrected chi connectivity index (χ3v) is 7.91. The molecule has 0 unspecified atom stereocenters. The number of benzene rings is 1. The number of hydrogen-bond acceptors (Lipinski definition) is 8. The molecule has 0 radical (unpaired) electrons. The molecule has 1 aromatic carbocycles. The zero-order chi connectivity index (χ0) is 24.8. The molecule has 0 spiro atoms. The van der Waals surface area contributed by atoms with Crippen LogP contribution in [0.3, 0.4) is 0 Å². The number of fused-ring (bicyclic) bond motifs is 1. The van der Waals surface area contributed by atoms with Gasteiger partial charge in [-0.15, -0.1) is 0 Å². The minimum atomic E-state index is -0.618. The summed E-state index contributed by atoms with van der Waals surface area (Å²) in [5, 5.41) is 3.36. The second-order valence-corrected chi connectivity index (χ2v) is 10.3. The predicted molar refractivity (Wildman–Crippen MR) is 131 cm³/mol. The highest BCUT2D eigenvalue weighted by Crippen LogP contribution is 2.49. The normalized spacial score (nSPS) is 25.2. The number of ketones is 1. The first kappa shape index (κ1) is 23.4. The van der Waals surface area contributed by atoms with E-state index < -0.39 is 11.9 Å². The molecule has 6 rings (SSSR count). The van der Waals surface area contributed by atoms with Crippen LogP contribution in [0, 0.1) is 0 Å². The maximum Gasteiger partial charge on any atom is 0.336 e. The molecule has 1 aromatic heterocycles. The van der Waals surface area contributed by atoms with Crippen LogP contribution < -0.4 is 14.8 Å². The van der Waals surface area contributed by atoms with Crippen molar-refractivity contribution in [3.8, 4) is 11.5 Å². The first-order valence-corrected chi connectivity index (χ1v) is 12.9. The highest BCUT2D eigenvalue weighted by molar-refractivity contribution is 9.10. The van der Waals surface area contributed by atoms with Crippen molar-refractivity contribution in [3.05, 3.63) is 68.9 Å². The molecular weight excluding hydrogens is 530 g/mol. The summed E-state index contributed by atoms with van der Waals surface area (Å²) in [5.74, 6) is 0.794. The van der Waals surface area contributed by atoms with E-state index in [0.29, 0.717) is 47.8 Å². The van der Waals surface area contributed by atoms with Gasteiger partial charge in [-0.25, -0.2) is 4.79 Å². The number of hydrogen-bond donors (Lipinski definition) is 1. The zero-order valence-electron chi connectivity index (χ0n) is 19.8. The van der Waals surface area contributed by atoms with Crippen molar-refractivity contribution in [2.75, 3.05) is 20.0 Å². The minimum Gasteiger partial charge on any atom is -0.469 e. The zero-order valence-corrected chi connectivity index (χ0v) is 21.4. The topological polar surface area (TPSA) is 96.2 Å². The van der Waals surface area contributed by atoms with Gasteiger partial charge in [0.15, 0.2) is 17.3 Å². The van der Waals surface area contributed by atoms with Crippen molar-refractivity contribution in [2.45, 2.75) is 50.5 Å². The lowest BCUT2D eigenvalue weighted by molar-refractivity contribution is -0.142. The Labute approximate surface area is 216 Å². The van der Waals surface area contributed by atoms with Gasteiger partial charge in [0, 0.05) is 46.3 Å². The van der Waals surface area contributed by atoms with Crippen molar-refractivity contribution >= 4 is 27.7 Å². The van der Waals surface area contributed by atoms with Crippen molar-refractivity contribution < 1.29 is 33.0 Å². The van der Waals surface area contributed by atoms with Gasteiger partial charge in [-0.05, 0) is 56.0 Å². The quantitative estimate of drug-likeness (QED) is 0.523. The Morgan fingerprint density at radius 2 is 2.06 bits per heavy atom. The van der Waals surface area contributed by atoms with Crippen molar-refractivity contribution in [3.63, 3.8) is 0 Å². The van der Waals surface area contributed by atoms with E-state index >= 15 is 0 Å². The van der Waals surface area contributed by atoms with E-state index in [9.17, 15) is 9.59 Å². The summed E-state index contributed by atoms with van der Waals surface area (Å²) in [4.78, 5) is 27.2. The van der Waals surface area contributed by atoms with Crippen LogP contribution in [-0.4, -0.2) is 37.9 Å². The molecule has 0 saturated carbocycles. The molecule has 9 heteroatoms. The maximum absolute atomic E-state index is 13.7. The maximum atomic E-state index is 13.7. The Bertz CT molecular complexity index is 1270. The number of nitrogens with one attached hydrogen (secondary N) is 1. The van der Waals surface area contributed by atoms with Crippen LogP contribution >= 0.6 is 15.9 Å². The molecule has 0 amide bonds. The fourth-order valence-electron chi connectivity index (χ4n) is 5.52. The summed E-state index contributed by atoms with van der Waals surface area (Å²) in [7, 11) is 0. The molecule has 1 aliphatic carbocycles. The Morgan fingerprint density at radius 1 is 1.22 bits per heavy atom. The standard InChI is InChI=1S/C27H26BrNO7/c1-14-24(27(31)34-12-16-4-2-6-32-16)25(17-10-22-23(11-18(17)28)36-13-35-22)26-19(29-14)8-15(9-20(26)30)21-5-3-7-33-21/h3,5,7,10-11,15-16,25,29H,2,4,6,8-9,12-13H2,1H3/t15-,16-,25+/m1/s1. The number of halogens is 1. The fraction of sp³-hybridized carbons (Fsp3) is 0.407. The van der Waals surface area contributed by atoms with Gasteiger partial charge < -0.3 is 28.7 Å². The van der Waals surface area contributed by atoms with E-state index in [0.717, 1.165) is 34.3 Å². The van der Waals surface area contributed by atoms with Crippen LogP contribution in [0.4, 0.5) is 0 Å². The monoisotopic (exact) mass is 555 g/mol. The molecule has 1 N–H and O–H groups in total. The van der Waals surface area contributed by atoms with Crippen LogP contribution in [0.2, 0.25) is 0 Å². The average molecular weight is 556 g/mol. The van der Waals surface area contributed by atoms with Gasteiger partial charge in [0.2, 0.25) is 6.79 Å². The highest BCUT2D eigenvalue weighted by Gasteiger charge is 2.43. The number of Topliss-reactive ketones (excluding diaryl/α,β-unsaturated/α-hetero) is 1. The van der Waals surface area contributed by atoms with Crippen LogP contribution in [-0.2, 0) is 19.1 Å². The number of furan rings is 1. The molecular formula is C27H26BrNO7. The number of ether oxygens (including phenoxy) is 4. The summed E-state index contributed by atoms with van der Waals surface area (Å²) in [6.45, 7) is 2.84. The van der Waals surface area contributed by atoms with Gasteiger partial charge in [0.1, 0.15) is 12.4 Å². The number of esters is 1. The molecule has 3 aliphatic heterocycles. The third-order valence-electron chi connectivity index (χ3n) is 7.22. The smallest absolute Gasteiger partial charge is 0.336 e. The van der Waals surface area contributed by atoms with Crippen LogP contribution in [0.15, 0.2) is 62.0 Å². The minimum absolute atomic E-state index is 0.0309. The molecule has 1 saturated heterocycles. The third kappa shape index (κ3) is 4.14. The number of carbonyl (C=O) groups excluding carboxylic acids is 2. The van der Waals surface area contributed by atoms with E-state index in [1.54, 1.807) is 6.26 Å². The van der Waals surface area contributed by atoms with E-state index in [-0.39, 0.29) is 31.2 Å². The van der Waals surface area contributed by atoms with Gasteiger partial charge in [-0.2, -0.15) is 0 Å². The Kier molecular flexibility index (Phi) is 6.13. The molecule has 3 atom stereocenters. The number of dihydropyridines is 1. The molecule has 2 aromatic rings. The van der Waals surface area contributed by atoms with Crippen LogP contribution in [0.5, 0.6) is 11.5 Å². The van der Waals surface area contributed by atoms with E-state index in [4.69, 9.17) is 23.4 Å². The summed E-state index contributed by atoms with van der Waals surface area (Å²) >= 11 is 3.66. The molecule has 0 bridgehead atoms. The fourth-order valence-corrected chi connectivity index (χ4v) is 6.07. The van der Waals surface area contributed by atoms with Crippen molar-refractivity contribution in [2.24, 2.45) is 0 Å². The van der Waals surface area contributed by atoms with Gasteiger partial charge in [0.25, 0.3) is 0 Å². The Morgan fingerprint density at radius 3 is 2.81 bits per heavy atom. The lowest BCUT2D eigenvalue weighted by Crippen LogP contribution is -2.36. The van der Waals surface area contributed by atoms with E-state index in [1.165, 1.54) is 0 Å². The number of carbonyl (C=O) groups is 2. The largest absolute Gasteiger partial charge is 0.469 e. The SMILES string of the molecule is CC1=C(C(=O)OC[C@H]2CCCO2)[C@H](c2cc3c(cc2Br)OCO3)C2=C(C[C@@H](c3ccco3)CC2=O)N1. The summed E-state index contributed by atoms with van der Waals surface area (Å²) < 4.78 is 28.9. The van der Waals surface area contributed by atoms with Gasteiger partial charge in [0.05, 0.1) is 17.9 Å². The molecule has 4 aliphatic rings. The molecule has 4 heterocycles. The first-order valence-electron chi connectivity index (χ1n) is 12.1. The van der Waals surface area contributed by atoms with Crippen LogP contribution in [0.1, 0.15) is 55.8 Å². The van der Waals surface area contributed by atoms with Gasteiger partial charge in [-0.3, -0.25) is 4.79 Å². The predicted octanol–water partition coefficient (Wildman–Crippen LogP) is 4.85. The second kappa shape index (κ2) is 9.44. The van der Waals surface area contributed by atoms with Crippen LogP contribution in [0.25, 0.3) is 0 Å². The van der Waals surface area contributed by atoms with E-state index in [1.807, 2.05) is 31.2 Å². The van der Waals surface area contributed by atoms with Crippen molar-refractivity contribution in [1.82, 2.24) is 5.32 Å². The van der Waals surface area contributed by atoms with Gasteiger partial charge in [-0.1, -0.05) is 15.9 Å². The van der Waals surface area contributed by atoms with Gasteiger partial charge >= 0.3 is 5.97 Å². The molecule has 1 fully saturated rings. The summed E-state index contributed by atoms with van der Waals surface area (Å²) in [6, 6.07) is 7.40. The van der Waals surface area contributed by atoms with E-state index in [2.05, 4.69) is 21.2 Å². The number of allylic oxidation sites excluding steroid dienone is 3. The lowest BCUT2D eigenvalue weighted by Gasteiger charge is -2.36. The molecule has 8 nitrogen and oxygen atoms in total. The summed E-state index contributed by atoms with van der Waals surface area (Å²) in [5.41, 5.74) is 3.20. The lowest BCUT2D eigenvalue weighted by atomic mass is 9.72. The number of rotatable bonds is 5. The molecule has 188 valence electrons. The molecule has 36 heavy (non-hydrogen) atoms. The second-order valence-electron chi connectivity index (χ2n) is 9.49. The summed E-state index contributed by atoms with van der Waals surface area (Å²) in [6.07, 6.45) is 4.25. The Hall–Kier alpha value is -3.04. The Balaban J connectivity index is 1.40.